The molecule has 1 aromatic heterocycles. The molecule has 17 heavy (non-hydrogen) atoms. The Morgan fingerprint density at radius 1 is 1.18 bits per heavy atom. The first kappa shape index (κ1) is 12.9. The molecule has 4 nitrogen and oxygen atoms in total. The summed E-state index contributed by atoms with van der Waals surface area (Å²) in [6.07, 6.45) is 0.896. The van der Waals surface area contributed by atoms with Crippen molar-refractivity contribution < 1.29 is 13.2 Å². The molecule has 7 heteroatoms. The lowest BCUT2D eigenvalue weighted by molar-refractivity contribution is 0.189. The van der Waals surface area contributed by atoms with E-state index in [-0.39, 0.29) is 27.9 Å². The molecule has 2 rings (SSSR count). The van der Waals surface area contributed by atoms with Crippen molar-refractivity contribution in [1.82, 2.24) is 4.98 Å². The van der Waals surface area contributed by atoms with E-state index in [0.29, 0.717) is 18.6 Å². The summed E-state index contributed by atoms with van der Waals surface area (Å²) in [4.78, 5) is 3.81. The number of hydrogen-bond acceptors (Lipinski definition) is 4. The Hall–Kier alpha value is -0.520. The predicted molar refractivity (Wildman–Crippen MR) is 66.6 cm³/mol. The van der Waals surface area contributed by atoms with Gasteiger partial charge in [-0.25, -0.2) is 13.4 Å². The van der Waals surface area contributed by atoms with E-state index >= 15 is 0 Å². The Labute approximate surface area is 110 Å². The number of hydrogen-bond donors (Lipinski definition) is 0. The van der Waals surface area contributed by atoms with Gasteiger partial charge in [0.05, 0.1) is 11.5 Å². The number of rotatable bonds is 2. The van der Waals surface area contributed by atoms with E-state index in [1.165, 1.54) is 0 Å². The maximum atomic E-state index is 11.2. The van der Waals surface area contributed by atoms with Crippen LogP contribution in [0.25, 0.3) is 0 Å². The molecule has 94 valence electrons. The van der Waals surface area contributed by atoms with Crippen LogP contribution in [0.5, 0.6) is 5.75 Å². The highest BCUT2D eigenvalue weighted by molar-refractivity contribution is 7.91. The third kappa shape index (κ3) is 3.72. The average molecular weight is 296 g/mol. The van der Waals surface area contributed by atoms with E-state index in [1.807, 2.05) is 0 Å². The van der Waals surface area contributed by atoms with Crippen LogP contribution in [0.4, 0.5) is 0 Å². The Morgan fingerprint density at radius 3 is 2.24 bits per heavy atom. The van der Waals surface area contributed by atoms with Crippen molar-refractivity contribution in [3.63, 3.8) is 0 Å². The number of sulfone groups is 1. The van der Waals surface area contributed by atoms with Crippen molar-refractivity contribution in [1.29, 1.82) is 0 Å². The molecule has 1 fully saturated rings. The number of nitrogens with zero attached hydrogens (tertiary/aromatic N) is 1. The zero-order chi connectivity index (χ0) is 12.5. The maximum Gasteiger partial charge on any atom is 0.150 e. The van der Waals surface area contributed by atoms with Crippen LogP contribution in [0.3, 0.4) is 0 Å². The smallest absolute Gasteiger partial charge is 0.150 e. The van der Waals surface area contributed by atoms with Gasteiger partial charge < -0.3 is 4.74 Å². The fourth-order valence-corrected chi connectivity index (χ4v) is 3.58. The van der Waals surface area contributed by atoms with E-state index in [9.17, 15) is 8.42 Å². The lowest BCUT2D eigenvalue weighted by Crippen LogP contribution is -2.30. The SMILES string of the molecule is O=S1(=O)CCC(Oc2cc(Cl)nc(Cl)c2)CC1. The topological polar surface area (TPSA) is 56.3 Å². The molecule has 0 saturated carbocycles. The molecule has 0 bridgehead atoms. The molecule has 1 aliphatic rings. The molecule has 0 unspecified atom stereocenters. The van der Waals surface area contributed by atoms with Crippen LogP contribution in [0.15, 0.2) is 12.1 Å². The van der Waals surface area contributed by atoms with Gasteiger partial charge in [0.15, 0.2) is 9.84 Å². The summed E-state index contributed by atoms with van der Waals surface area (Å²) in [5, 5.41) is 0.520. The van der Waals surface area contributed by atoms with Crippen LogP contribution in [-0.4, -0.2) is 31.0 Å². The fourth-order valence-electron chi connectivity index (χ4n) is 1.69. The second-order valence-electron chi connectivity index (χ2n) is 3.92. The first-order chi connectivity index (χ1) is 7.94. The predicted octanol–water partition coefficient (Wildman–Crippen LogP) is 2.34. The molecule has 0 aromatic carbocycles. The molecule has 1 aliphatic heterocycles. The highest BCUT2D eigenvalue weighted by atomic mass is 35.5. The van der Waals surface area contributed by atoms with E-state index in [0.717, 1.165) is 0 Å². The molecule has 1 aromatic rings. The Morgan fingerprint density at radius 2 is 1.71 bits per heavy atom. The minimum Gasteiger partial charge on any atom is -0.490 e. The van der Waals surface area contributed by atoms with Crippen LogP contribution in [-0.2, 0) is 9.84 Å². The van der Waals surface area contributed by atoms with Gasteiger partial charge in [-0.15, -0.1) is 0 Å². The molecule has 0 amide bonds. The van der Waals surface area contributed by atoms with Crippen molar-refractivity contribution in [3.05, 3.63) is 22.4 Å². The first-order valence-electron chi connectivity index (χ1n) is 5.15. The van der Waals surface area contributed by atoms with Crippen molar-refractivity contribution in [2.45, 2.75) is 18.9 Å². The van der Waals surface area contributed by atoms with Gasteiger partial charge in [0, 0.05) is 12.1 Å². The molecule has 0 aliphatic carbocycles. The Bertz CT molecular complexity index is 484. The van der Waals surface area contributed by atoms with Crippen LogP contribution in [0.1, 0.15) is 12.8 Å². The number of halogens is 2. The van der Waals surface area contributed by atoms with Gasteiger partial charge in [-0.05, 0) is 12.8 Å². The van der Waals surface area contributed by atoms with Gasteiger partial charge in [0.1, 0.15) is 22.2 Å². The molecular weight excluding hydrogens is 285 g/mol. The van der Waals surface area contributed by atoms with Gasteiger partial charge in [-0.1, -0.05) is 23.2 Å². The van der Waals surface area contributed by atoms with Gasteiger partial charge >= 0.3 is 0 Å². The van der Waals surface area contributed by atoms with Crippen LogP contribution < -0.4 is 4.74 Å². The third-order valence-corrected chi connectivity index (χ3v) is 4.64. The normalized spacial score (nSPS) is 20.1. The third-order valence-electron chi connectivity index (χ3n) is 2.54. The number of pyridine rings is 1. The minimum absolute atomic E-state index is 0.104. The summed E-state index contributed by atoms with van der Waals surface area (Å²) in [5.74, 6) is 0.869. The van der Waals surface area contributed by atoms with Crippen molar-refractivity contribution in [2.75, 3.05) is 11.5 Å². The second kappa shape index (κ2) is 5.00. The summed E-state index contributed by atoms with van der Waals surface area (Å²) in [5.41, 5.74) is 0. The summed E-state index contributed by atoms with van der Waals surface area (Å²) in [7, 11) is -2.87. The number of aromatic nitrogens is 1. The van der Waals surface area contributed by atoms with Gasteiger partial charge in [-0.2, -0.15) is 0 Å². The zero-order valence-electron chi connectivity index (χ0n) is 8.90. The van der Waals surface area contributed by atoms with E-state index in [4.69, 9.17) is 27.9 Å². The molecule has 0 N–H and O–H groups in total. The highest BCUT2D eigenvalue weighted by Crippen LogP contribution is 2.24. The lowest BCUT2D eigenvalue weighted by Gasteiger charge is -2.23. The molecule has 0 spiro atoms. The molecule has 0 atom stereocenters. The van der Waals surface area contributed by atoms with Gasteiger partial charge in [-0.3, -0.25) is 0 Å². The van der Waals surface area contributed by atoms with Crippen LogP contribution in [0, 0.1) is 0 Å². The largest absolute Gasteiger partial charge is 0.490 e. The summed E-state index contributed by atoms with van der Waals surface area (Å²) >= 11 is 11.5. The maximum absolute atomic E-state index is 11.2. The lowest BCUT2D eigenvalue weighted by atomic mass is 10.2. The fraction of sp³-hybridized carbons (Fsp3) is 0.500. The number of ether oxygens (including phenoxy) is 1. The second-order valence-corrected chi connectivity index (χ2v) is 7.00. The van der Waals surface area contributed by atoms with Crippen molar-refractivity contribution in [2.24, 2.45) is 0 Å². The van der Waals surface area contributed by atoms with E-state index in [1.54, 1.807) is 12.1 Å². The average Bonchev–Trinajstić information content (AvgIpc) is 2.20. The van der Waals surface area contributed by atoms with E-state index in [2.05, 4.69) is 4.98 Å². The monoisotopic (exact) mass is 295 g/mol. The van der Waals surface area contributed by atoms with Crippen molar-refractivity contribution >= 4 is 33.0 Å². The van der Waals surface area contributed by atoms with E-state index < -0.39 is 9.84 Å². The zero-order valence-corrected chi connectivity index (χ0v) is 11.2. The highest BCUT2D eigenvalue weighted by Gasteiger charge is 2.24. The standard InChI is InChI=1S/C10H11Cl2NO3S/c11-9-5-8(6-10(12)13-9)16-7-1-3-17(14,15)4-2-7/h5-7H,1-4H2. The molecule has 0 radical (unpaired) electrons. The van der Waals surface area contributed by atoms with Crippen molar-refractivity contribution in [3.8, 4) is 5.75 Å². The summed E-state index contributed by atoms with van der Waals surface area (Å²) in [6.45, 7) is 0. The summed E-state index contributed by atoms with van der Waals surface area (Å²) in [6, 6.07) is 3.13. The Kier molecular flexibility index (Phi) is 3.80. The first-order valence-corrected chi connectivity index (χ1v) is 7.72. The molecule has 1 saturated heterocycles. The van der Waals surface area contributed by atoms with Gasteiger partial charge in [0.2, 0.25) is 0 Å². The quantitative estimate of drug-likeness (QED) is 0.786. The van der Waals surface area contributed by atoms with Crippen LogP contribution >= 0.6 is 23.2 Å². The Balaban J connectivity index is 2.02. The molecule has 2 heterocycles. The van der Waals surface area contributed by atoms with Gasteiger partial charge in [0.25, 0.3) is 0 Å². The minimum atomic E-state index is -2.87. The summed E-state index contributed by atoms with van der Waals surface area (Å²) < 4.78 is 28.1. The van der Waals surface area contributed by atoms with Crippen LogP contribution in [0.2, 0.25) is 10.3 Å². The molecular formula is C10H11Cl2NO3S.